The molecule has 1 aliphatic heterocycles. The van der Waals surface area contributed by atoms with Gasteiger partial charge in [0.25, 0.3) is 5.65 Å². The van der Waals surface area contributed by atoms with Crippen LogP contribution in [-0.2, 0) is 20.6 Å². The molecule has 0 amide bonds. The summed E-state index contributed by atoms with van der Waals surface area (Å²) in [6, 6.07) is 5.69. The number of hydrogen-bond acceptors (Lipinski definition) is 2. The third-order valence-corrected chi connectivity index (χ3v) is 4.32. The Hall–Kier alpha value is -2.69. The molecule has 5 rings (SSSR count). The standard InChI is InChI=1S/C16H14N5/c1-19-13-5-7-17-8-11(13)14-16(19)21-9-12-10(4-3-6-18-12)15(21)20(14)2/h3-8H,9H2,1-2H3/q+1/i1D3. The lowest BCUT2D eigenvalue weighted by atomic mass is 10.2. The predicted octanol–water partition coefficient (Wildman–Crippen LogP) is 1.78. The van der Waals surface area contributed by atoms with Crippen LogP contribution in [0.5, 0.6) is 0 Å². The van der Waals surface area contributed by atoms with Crippen molar-refractivity contribution in [3.63, 3.8) is 0 Å². The van der Waals surface area contributed by atoms with Gasteiger partial charge in [-0.2, -0.15) is 0 Å². The van der Waals surface area contributed by atoms with Gasteiger partial charge in [0.15, 0.2) is 5.52 Å². The highest BCUT2D eigenvalue weighted by molar-refractivity contribution is 6.04. The molecule has 0 unspecified atom stereocenters. The highest BCUT2D eigenvalue weighted by atomic mass is 15.2. The third kappa shape index (κ3) is 1.15. The fraction of sp³-hybridized carbons (Fsp3) is 0.188. The highest BCUT2D eigenvalue weighted by Gasteiger charge is 2.34. The summed E-state index contributed by atoms with van der Waals surface area (Å²) in [4.78, 5) is 8.64. The molecule has 1 aliphatic rings. The molecular weight excluding hydrogens is 262 g/mol. The van der Waals surface area contributed by atoms with Gasteiger partial charge in [-0.1, -0.05) is 0 Å². The van der Waals surface area contributed by atoms with Crippen LogP contribution in [0.25, 0.3) is 33.5 Å². The van der Waals surface area contributed by atoms with E-state index in [2.05, 4.69) is 14.5 Å². The topological polar surface area (TPSA) is 39.5 Å². The van der Waals surface area contributed by atoms with Gasteiger partial charge < -0.3 is 0 Å². The number of imidazole rings is 1. The number of aromatic nitrogens is 5. The molecule has 0 fully saturated rings. The Bertz CT molecular complexity index is 1140. The van der Waals surface area contributed by atoms with E-state index >= 15 is 0 Å². The number of aryl methyl sites for hydroxylation is 2. The summed E-state index contributed by atoms with van der Waals surface area (Å²) in [6.45, 7) is -1.70. The first-order valence-corrected chi connectivity index (χ1v) is 6.80. The Morgan fingerprint density at radius 1 is 1.29 bits per heavy atom. The maximum atomic E-state index is 8.02. The summed E-state index contributed by atoms with van der Waals surface area (Å²) in [7, 11) is 1.96. The van der Waals surface area contributed by atoms with Crippen molar-refractivity contribution in [2.75, 3.05) is 0 Å². The molecule has 0 radical (unpaired) electrons. The molecule has 0 bridgehead atoms. The summed E-state index contributed by atoms with van der Waals surface area (Å²) in [5.74, 6) is 0.979. The van der Waals surface area contributed by atoms with Gasteiger partial charge in [-0.25, -0.2) is 4.57 Å². The summed E-state index contributed by atoms with van der Waals surface area (Å²) in [5, 5.41) is 0.846. The van der Waals surface area contributed by atoms with E-state index in [1.54, 1.807) is 24.7 Å². The number of rotatable bonds is 0. The summed E-state index contributed by atoms with van der Waals surface area (Å²) in [5.41, 5.74) is 4.26. The van der Waals surface area contributed by atoms with Crippen LogP contribution in [0.15, 0.2) is 36.8 Å². The second-order valence-electron chi connectivity index (χ2n) is 5.37. The van der Waals surface area contributed by atoms with E-state index in [9.17, 15) is 0 Å². The van der Waals surface area contributed by atoms with Crippen molar-refractivity contribution in [2.24, 2.45) is 14.0 Å². The van der Waals surface area contributed by atoms with Crippen LogP contribution in [0.4, 0.5) is 0 Å². The second kappa shape index (κ2) is 3.49. The lowest BCUT2D eigenvalue weighted by Crippen LogP contribution is -2.33. The Kier molecular flexibility index (Phi) is 1.42. The molecule has 5 nitrogen and oxygen atoms in total. The van der Waals surface area contributed by atoms with Gasteiger partial charge in [0, 0.05) is 18.6 Å². The number of fused-ring (bicyclic) bond motifs is 7. The second-order valence-corrected chi connectivity index (χ2v) is 5.37. The highest BCUT2D eigenvalue weighted by Crippen LogP contribution is 2.33. The summed E-state index contributed by atoms with van der Waals surface area (Å²) >= 11 is 0. The van der Waals surface area contributed by atoms with Crippen molar-refractivity contribution >= 4 is 22.1 Å². The molecule has 5 heteroatoms. The molecular formula is C16H14N5+. The van der Waals surface area contributed by atoms with Gasteiger partial charge in [0.2, 0.25) is 5.82 Å². The lowest BCUT2D eigenvalue weighted by molar-refractivity contribution is -0.649. The molecule has 0 N–H and O–H groups in total. The molecule has 0 aliphatic carbocycles. The Morgan fingerprint density at radius 2 is 2.24 bits per heavy atom. The lowest BCUT2D eigenvalue weighted by Gasteiger charge is -1.97. The van der Waals surface area contributed by atoms with Crippen molar-refractivity contribution in [2.45, 2.75) is 6.54 Å². The fourth-order valence-electron chi connectivity index (χ4n) is 3.46. The smallest absolute Gasteiger partial charge is 0.264 e. The van der Waals surface area contributed by atoms with Crippen molar-refractivity contribution in [1.29, 1.82) is 0 Å². The number of nitrogens with zero attached hydrogens (tertiary/aromatic N) is 5. The molecule has 0 atom stereocenters. The van der Waals surface area contributed by atoms with Gasteiger partial charge in [-0.3, -0.25) is 19.1 Å². The van der Waals surface area contributed by atoms with Crippen molar-refractivity contribution in [3.05, 3.63) is 42.5 Å². The Morgan fingerprint density at radius 3 is 3.14 bits per heavy atom. The van der Waals surface area contributed by atoms with Crippen LogP contribution < -0.4 is 4.57 Å². The monoisotopic (exact) mass is 279 g/mol. The average Bonchev–Trinajstić information content (AvgIpc) is 3.16. The zero-order valence-electron chi connectivity index (χ0n) is 14.4. The van der Waals surface area contributed by atoms with Crippen LogP contribution in [0, 0.1) is 0 Å². The molecule has 21 heavy (non-hydrogen) atoms. The minimum absolute atomic E-state index is 0.572. The zero-order valence-corrected chi connectivity index (χ0v) is 11.4. The average molecular weight is 279 g/mol. The summed E-state index contributed by atoms with van der Waals surface area (Å²) in [6.07, 6.45) is 5.14. The molecule has 5 heterocycles. The molecule has 0 spiro atoms. The fourth-order valence-corrected chi connectivity index (χ4v) is 3.46. The van der Waals surface area contributed by atoms with E-state index in [1.807, 2.05) is 23.7 Å². The molecule has 0 aromatic carbocycles. The molecule has 0 saturated carbocycles. The maximum absolute atomic E-state index is 8.02. The van der Waals surface area contributed by atoms with E-state index in [0.717, 1.165) is 28.0 Å². The van der Waals surface area contributed by atoms with Crippen LogP contribution in [0.1, 0.15) is 9.81 Å². The normalized spacial score (nSPS) is 15.8. The minimum atomic E-state index is -2.27. The van der Waals surface area contributed by atoms with E-state index in [1.165, 1.54) is 4.57 Å². The molecule has 0 saturated heterocycles. The van der Waals surface area contributed by atoms with Gasteiger partial charge in [0.05, 0.1) is 34.8 Å². The Labute approximate surface area is 125 Å². The van der Waals surface area contributed by atoms with Gasteiger partial charge in [-0.05, 0) is 18.2 Å². The van der Waals surface area contributed by atoms with E-state index < -0.39 is 6.98 Å². The number of hydrogen-bond donors (Lipinski definition) is 0. The van der Waals surface area contributed by atoms with E-state index in [0.29, 0.717) is 17.7 Å². The first-order valence-electron chi connectivity index (χ1n) is 8.30. The van der Waals surface area contributed by atoms with Crippen LogP contribution >= 0.6 is 0 Å². The minimum Gasteiger partial charge on any atom is -0.264 e. The van der Waals surface area contributed by atoms with Crippen molar-refractivity contribution in [3.8, 4) is 11.4 Å². The largest absolute Gasteiger partial charge is 0.269 e. The van der Waals surface area contributed by atoms with E-state index in [-0.39, 0.29) is 0 Å². The SMILES string of the molecule is [2H]C([2H])([2H])n1c2ccncc2c2c1[n+]1c(n2C)-c2cccnc2C1. The van der Waals surface area contributed by atoms with Gasteiger partial charge >= 0.3 is 0 Å². The van der Waals surface area contributed by atoms with Gasteiger partial charge in [-0.15, -0.1) is 0 Å². The number of pyridine rings is 2. The van der Waals surface area contributed by atoms with Crippen LogP contribution in [0.3, 0.4) is 0 Å². The third-order valence-electron chi connectivity index (χ3n) is 4.32. The molecule has 102 valence electrons. The van der Waals surface area contributed by atoms with Crippen LogP contribution in [0.2, 0.25) is 0 Å². The van der Waals surface area contributed by atoms with E-state index in [4.69, 9.17) is 4.11 Å². The first-order chi connectivity index (χ1) is 11.5. The maximum Gasteiger partial charge on any atom is 0.269 e. The Balaban J connectivity index is 2.02. The van der Waals surface area contributed by atoms with Crippen molar-refractivity contribution in [1.82, 2.24) is 19.1 Å². The molecule has 4 aromatic rings. The zero-order chi connectivity index (χ0) is 16.6. The molecule has 4 aromatic heterocycles. The van der Waals surface area contributed by atoms with Crippen molar-refractivity contribution < 1.29 is 8.68 Å². The van der Waals surface area contributed by atoms with Gasteiger partial charge in [0.1, 0.15) is 12.1 Å². The quantitative estimate of drug-likeness (QED) is 0.405. The predicted molar refractivity (Wildman–Crippen MR) is 79.7 cm³/mol. The summed E-state index contributed by atoms with van der Waals surface area (Å²) < 4.78 is 29.6. The van der Waals surface area contributed by atoms with Crippen LogP contribution in [-0.4, -0.2) is 19.1 Å². The first kappa shape index (κ1) is 8.56.